The number of carbonyl (C=O) groups is 1. The van der Waals surface area contributed by atoms with Crippen molar-refractivity contribution in [3.63, 3.8) is 0 Å². The van der Waals surface area contributed by atoms with E-state index in [1.54, 1.807) is 53.4 Å². The van der Waals surface area contributed by atoms with Gasteiger partial charge >= 0.3 is 0 Å². The van der Waals surface area contributed by atoms with Crippen molar-refractivity contribution in [1.82, 2.24) is 9.21 Å². The van der Waals surface area contributed by atoms with Crippen molar-refractivity contribution >= 4 is 44.8 Å². The zero-order valence-corrected chi connectivity index (χ0v) is 22.0. The third kappa shape index (κ3) is 6.00. The van der Waals surface area contributed by atoms with Gasteiger partial charge in [-0.3, -0.25) is 4.79 Å². The molecule has 36 heavy (non-hydrogen) atoms. The number of sulfonamides is 1. The molecule has 0 unspecified atom stereocenters. The molecule has 1 saturated heterocycles. The van der Waals surface area contributed by atoms with E-state index in [2.05, 4.69) is 0 Å². The van der Waals surface area contributed by atoms with Crippen LogP contribution in [0.25, 0.3) is 0 Å². The smallest absolute Gasteiger partial charge is 0.243 e. The summed E-state index contributed by atoms with van der Waals surface area (Å²) in [5.74, 6) is -0.631. The van der Waals surface area contributed by atoms with E-state index in [0.29, 0.717) is 47.5 Å². The molecule has 4 rings (SSSR count). The van der Waals surface area contributed by atoms with Crippen molar-refractivity contribution in [2.75, 3.05) is 37.6 Å². The van der Waals surface area contributed by atoms with E-state index < -0.39 is 10.0 Å². The maximum Gasteiger partial charge on any atom is 0.243 e. The SMILES string of the molecule is Cc1ccc(S(=O)(=O)N(CC(=O)N2CCN(c3ccccc3F)CC2)Cc2ccc(Cl)c(Cl)c2)cc1. The van der Waals surface area contributed by atoms with Crippen LogP contribution in [0, 0.1) is 12.7 Å². The molecule has 0 aromatic heterocycles. The first-order valence-electron chi connectivity index (χ1n) is 11.4. The summed E-state index contributed by atoms with van der Waals surface area (Å²) in [5.41, 5.74) is 2.03. The predicted molar refractivity (Wildman–Crippen MR) is 140 cm³/mol. The van der Waals surface area contributed by atoms with E-state index in [1.807, 2.05) is 11.8 Å². The molecule has 1 aliphatic heterocycles. The second-order valence-electron chi connectivity index (χ2n) is 8.65. The highest BCUT2D eigenvalue weighted by atomic mass is 35.5. The number of hydrogen-bond donors (Lipinski definition) is 0. The Morgan fingerprint density at radius 3 is 2.25 bits per heavy atom. The Hall–Kier alpha value is -2.65. The number of rotatable bonds is 7. The number of para-hydroxylation sites is 1. The van der Waals surface area contributed by atoms with Gasteiger partial charge in [0.2, 0.25) is 15.9 Å². The highest BCUT2D eigenvalue weighted by molar-refractivity contribution is 7.89. The molecule has 190 valence electrons. The first-order chi connectivity index (χ1) is 17.1. The van der Waals surface area contributed by atoms with E-state index >= 15 is 0 Å². The molecule has 0 atom stereocenters. The van der Waals surface area contributed by atoms with Crippen LogP contribution in [0.3, 0.4) is 0 Å². The first-order valence-corrected chi connectivity index (χ1v) is 13.6. The maximum absolute atomic E-state index is 14.2. The van der Waals surface area contributed by atoms with Crippen LogP contribution in [0.5, 0.6) is 0 Å². The number of anilines is 1. The van der Waals surface area contributed by atoms with Crippen LogP contribution in [0.15, 0.2) is 71.6 Å². The number of halogens is 3. The number of aryl methyl sites for hydroxylation is 1. The monoisotopic (exact) mass is 549 g/mol. The summed E-state index contributed by atoms with van der Waals surface area (Å²) in [6.45, 7) is 3.10. The van der Waals surface area contributed by atoms with Gasteiger partial charge in [0.1, 0.15) is 5.82 Å². The second kappa shape index (κ2) is 11.2. The summed E-state index contributed by atoms with van der Waals surface area (Å²) in [4.78, 5) is 16.8. The van der Waals surface area contributed by atoms with Crippen LogP contribution < -0.4 is 4.90 Å². The van der Waals surface area contributed by atoms with E-state index in [1.165, 1.54) is 18.2 Å². The number of nitrogens with zero attached hydrogens (tertiary/aromatic N) is 3. The highest BCUT2D eigenvalue weighted by Crippen LogP contribution is 2.26. The average molecular weight is 550 g/mol. The van der Waals surface area contributed by atoms with Gasteiger partial charge in [-0.05, 0) is 48.9 Å². The number of benzene rings is 3. The molecule has 0 spiro atoms. The minimum absolute atomic E-state index is 0.0476. The summed E-state index contributed by atoms with van der Waals surface area (Å²) < 4.78 is 42.4. The van der Waals surface area contributed by atoms with Gasteiger partial charge in [0, 0.05) is 32.7 Å². The van der Waals surface area contributed by atoms with E-state index in [0.717, 1.165) is 9.87 Å². The fourth-order valence-corrected chi connectivity index (χ4v) is 5.78. The third-order valence-electron chi connectivity index (χ3n) is 6.14. The van der Waals surface area contributed by atoms with Gasteiger partial charge in [-0.15, -0.1) is 0 Å². The molecule has 6 nitrogen and oxygen atoms in total. The summed E-state index contributed by atoms with van der Waals surface area (Å²) in [6, 6.07) is 17.9. The van der Waals surface area contributed by atoms with Gasteiger partial charge in [-0.2, -0.15) is 4.31 Å². The Kier molecular flexibility index (Phi) is 8.20. The molecule has 0 aliphatic carbocycles. The lowest BCUT2D eigenvalue weighted by Crippen LogP contribution is -2.52. The van der Waals surface area contributed by atoms with Crippen molar-refractivity contribution in [3.8, 4) is 0 Å². The Labute approximate surface area is 220 Å². The molecule has 3 aromatic carbocycles. The van der Waals surface area contributed by atoms with Crippen molar-refractivity contribution in [2.45, 2.75) is 18.4 Å². The second-order valence-corrected chi connectivity index (χ2v) is 11.4. The van der Waals surface area contributed by atoms with Crippen LogP contribution in [0.2, 0.25) is 10.0 Å². The summed E-state index contributed by atoms with van der Waals surface area (Å²) in [5, 5.41) is 0.662. The average Bonchev–Trinajstić information content (AvgIpc) is 2.86. The van der Waals surface area contributed by atoms with Gasteiger partial charge in [-0.1, -0.05) is 59.1 Å². The van der Waals surface area contributed by atoms with Crippen molar-refractivity contribution in [2.24, 2.45) is 0 Å². The van der Waals surface area contributed by atoms with E-state index in [9.17, 15) is 17.6 Å². The molecule has 1 aliphatic rings. The highest BCUT2D eigenvalue weighted by Gasteiger charge is 2.30. The Bertz CT molecular complexity index is 1340. The van der Waals surface area contributed by atoms with Crippen LogP contribution >= 0.6 is 23.2 Å². The van der Waals surface area contributed by atoms with Gasteiger partial charge in [0.05, 0.1) is 27.2 Å². The largest absolute Gasteiger partial charge is 0.366 e. The molecular weight excluding hydrogens is 524 g/mol. The Morgan fingerprint density at radius 1 is 0.944 bits per heavy atom. The fraction of sp³-hybridized carbons (Fsp3) is 0.269. The van der Waals surface area contributed by atoms with Crippen molar-refractivity contribution < 1.29 is 17.6 Å². The quantitative estimate of drug-likeness (QED) is 0.417. The maximum atomic E-state index is 14.2. The lowest BCUT2D eigenvalue weighted by Gasteiger charge is -2.37. The minimum atomic E-state index is -3.98. The molecule has 1 heterocycles. The van der Waals surface area contributed by atoms with E-state index in [-0.39, 0.29) is 29.7 Å². The summed E-state index contributed by atoms with van der Waals surface area (Å²) in [7, 11) is -3.98. The van der Waals surface area contributed by atoms with Crippen LogP contribution in [0.4, 0.5) is 10.1 Å². The topological polar surface area (TPSA) is 60.9 Å². The van der Waals surface area contributed by atoms with Gasteiger partial charge in [-0.25, -0.2) is 12.8 Å². The van der Waals surface area contributed by atoms with Crippen LogP contribution in [0.1, 0.15) is 11.1 Å². The molecule has 1 amide bonds. The Morgan fingerprint density at radius 2 is 1.61 bits per heavy atom. The molecular formula is C26H26Cl2FN3O3S. The zero-order chi connectivity index (χ0) is 25.9. The van der Waals surface area contributed by atoms with Crippen molar-refractivity contribution in [1.29, 1.82) is 0 Å². The van der Waals surface area contributed by atoms with Crippen LogP contribution in [-0.2, 0) is 21.4 Å². The lowest BCUT2D eigenvalue weighted by atomic mass is 10.2. The lowest BCUT2D eigenvalue weighted by molar-refractivity contribution is -0.131. The molecule has 0 N–H and O–H groups in total. The predicted octanol–water partition coefficient (Wildman–Crippen LogP) is 4.98. The summed E-state index contributed by atoms with van der Waals surface area (Å²) >= 11 is 12.2. The summed E-state index contributed by atoms with van der Waals surface area (Å²) in [6.07, 6.45) is 0. The van der Waals surface area contributed by atoms with Crippen LogP contribution in [-0.4, -0.2) is 56.3 Å². The molecule has 10 heteroatoms. The standard InChI is InChI=1S/C26H26Cl2FN3O3S/c1-19-6-9-21(10-7-19)36(34,35)32(17-20-8-11-22(27)23(28)16-20)18-26(33)31-14-12-30(13-15-31)25-5-3-2-4-24(25)29/h2-11,16H,12-15,17-18H2,1H3. The normalized spacial score (nSPS) is 14.4. The van der Waals surface area contributed by atoms with Crippen molar-refractivity contribution in [3.05, 3.63) is 93.7 Å². The minimum Gasteiger partial charge on any atom is -0.366 e. The first kappa shape index (κ1) is 26.4. The molecule has 3 aromatic rings. The third-order valence-corrected chi connectivity index (χ3v) is 8.68. The zero-order valence-electron chi connectivity index (χ0n) is 19.7. The number of hydrogen-bond acceptors (Lipinski definition) is 4. The number of amides is 1. The van der Waals surface area contributed by atoms with Gasteiger partial charge in [0.15, 0.2) is 0 Å². The molecule has 0 bridgehead atoms. The van der Waals surface area contributed by atoms with E-state index in [4.69, 9.17) is 23.2 Å². The number of piperazine rings is 1. The fourth-order valence-electron chi connectivity index (χ4n) is 4.08. The number of carbonyl (C=O) groups excluding carboxylic acids is 1. The van der Waals surface area contributed by atoms with Gasteiger partial charge in [0.25, 0.3) is 0 Å². The molecule has 0 radical (unpaired) electrons. The Balaban J connectivity index is 1.52. The van der Waals surface area contributed by atoms with Gasteiger partial charge < -0.3 is 9.80 Å². The molecule has 1 fully saturated rings. The molecule has 0 saturated carbocycles.